The van der Waals surface area contributed by atoms with Crippen molar-refractivity contribution in [2.45, 2.75) is 0 Å². The summed E-state index contributed by atoms with van der Waals surface area (Å²) in [5.74, 6) is -1.84. The first-order valence-corrected chi connectivity index (χ1v) is 6.27. The molecule has 0 saturated carbocycles. The van der Waals surface area contributed by atoms with E-state index < -0.39 is 17.4 Å². The molecule has 0 aliphatic rings. The van der Waals surface area contributed by atoms with Gasteiger partial charge in [-0.3, -0.25) is 4.79 Å². The van der Waals surface area contributed by atoms with Gasteiger partial charge in [0, 0.05) is 11.6 Å². The third-order valence-corrected chi connectivity index (χ3v) is 3.21. The summed E-state index contributed by atoms with van der Waals surface area (Å²) in [6, 6.07) is 5.77. The molecule has 2 aromatic rings. The van der Waals surface area contributed by atoms with Gasteiger partial charge in [-0.15, -0.1) is 0 Å². The van der Waals surface area contributed by atoms with Crippen LogP contribution in [0.15, 0.2) is 30.3 Å². The Hall–Kier alpha value is -2.14. The number of carbonyl (C=O) groups excluding carboxylic acids is 1. The number of hydrogen-bond acceptors (Lipinski definition) is 3. The van der Waals surface area contributed by atoms with E-state index in [4.69, 9.17) is 21.1 Å². The summed E-state index contributed by atoms with van der Waals surface area (Å²) in [6.45, 7) is 0. The number of ketones is 1. The minimum absolute atomic E-state index is 0.0111. The minimum atomic E-state index is -0.784. The number of carbonyl (C=O) groups is 1. The molecule has 2 aromatic carbocycles. The van der Waals surface area contributed by atoms with Gasteiger partial charge in [-0.25, -0.2) is 8.78 Å². The van der Waals surface area contributed by atoms with Crippen molar-refractivity contribution in [3.8, 4) is 11.5 Å². The highest BCUT2D eigenvalue weighted by Crippen LogP contribution is 2.31. The maximum atomic E-state index is 14.0. The average molecular weight is 313 g/mol. The Morgan fingerprint density at radius 1 is 1.00 bits per heavy atom. The second-order valence-corrected chi connectivity index (χ2v) is 4.55. The van der Waals surface area contributed by atoms with Gasteiger partial charge >= 0.3 is 0 Å². The number of hydrogen-bond donors (Lipinski definition) is 0. The molecule has 0 unspecified atom stereocenters. The fraction of sp³-hybridized carbons (Fsp3) is 0.133. The predicted molar refractivity (Wildman–Crippen MR) is 74.3 cm³/mol. The summed E-state index contributed by atoms with van der Waals surface area (Å²) in [7, 11) is 2.72. The highest BCUT2D eigenvalue weighted by molar-refractivity contribution is 6.30. The third kappa shape index (κ3) is 2.97. The number of ether oxygens (including phenoxy) is 2. The zero-order valence-corrected chi connectivity index (χ0v) is 12.0. The van der Waals surface area contributed by atoms with E-state index in [1.54, 1.807) is 0 Å². The van der Waals surface area contributed by atoms with E-state index in [1.807, 2.05) is 0 Å². The van der Waals surface area contributed by atoms with Crippen molar-refractivity contribution in [2.75, 3.05) is 14.2 Å². The van der Waals surface area contributed by atoms with E-state index in [-0.39, 0.29) is 27.6 Å². The maximum Gasteiger partial charge on any atom is 0.196 e. The van der Waals surface area contributed by atoms with Crippen LogP contribution in [0.3, 0.4) is 0 Å². The quantitative estimate of drug-likeness (QED) is 0.804. The van der Waals surface area contributed by atoms with Crippen molar-refractivity contribution in [2.24, 2.45) is 0 Å². The second-order valence-electron chi connectivity index (χ2n) is 4.15. The van der Waals surface area contributed by atoms with Crippen molar-refractivity contribution in [1.82, 2.24) is 0 Å². The first-order valence-electron chi connectivity index (χ1n) is 5.89. The van der Waals surface area contributed by atoms with E-state index in [1.165, 1.54) is 32.4 Å². The Morgan fingerprint density at radius 3 is 2.19 bits per heavy atom. The monoisotopic (exact) mass is 312 g/mol. The van der Waals surface area contributed by atoms with Gasteiger partial charge in [0.2, 0.25) is 0 Å². The lowest BCUT2D eigenvalue weighted by Crippen LogP contribution is -2.06. The molecule has 110 valence electrons. The molecule has 0 aliphatic heterocycles. The minimum Gasteiger partial charge on any atom is -0.493 e. The van der Waals surface area contributed by atoms with Crippen LogP contribution in [0.2, 0.25) is 5.02 Å². The standard InChI is InChI=1S/C15H11ClF2O3/c1-20-13-6-9(11(17)7-14(13)21-2)15(19)8-3-4-10(16)12(18)5-8/h3-7H,1-2H3. The topological polar surface area (TPSA) is 35.5 Å². The van der Waals surface area contributed by atoms with E-state index in [0.717, 1.165) is 12.1 Å². The lowest BCUT2D eigenvalue weighted by molar-refractivity contribution is 0.103. The molecular weight excluding hydrogens is 302 g/mol. The average Bonchev–Trinajstić information content (AvgIpc) is 2.49. The van der Waals surface area contributed by atoms with Crippen LogP contribution in [0.5, 0.6) is 11.5 Å². The summed E-state index contributed by atoms with van der Waals surface area (Å²) in [6.07, 6.45) is 0. The lowest BCUT2D eigenvalue weighted by atomic mass is 10.0. The van der Waals surface area contributed by atoms with Crippen LogP contribution >= 0.6 is 11.6 Å². The van der Waals surface area contributed by atoms with E-state index >= 15 is 0 Å². The van der Waals surface area contributed by atoms with Gasteiger partial charge in [-0.1, -0.05) is 11.6 Å². The van der Waals surface area contributed by atoms with Crippen molar-refractivity contribution in [3.05, 3.63) is 58.1 Å². The molecule has 21 heavy (non-hydrogen) atoms. The maximum absolute atomic E-state index is 14.0. The van der Waals surface area contributed by atoms with Crippen LogP contribution in [0.4, 0.5) is 8.78 Å². The Bertz CT molecular complexity index is 702. The SMILES string of the molecule is COc1cc(F)c(C(=O)c2ccc(Cl)c(F)c2)cc1OC. The highest BCUT2D eigenvalue weighted by Gasteiger charge is 2.19. The second kappa shape index (κ2) is 6.10. The molecule has 6 heteroatoms. The number of rotatable bonds is 4. The number of methoxy groups -OCH3 is 2. The van der Waals surface area contributed by atoms with Crippen LogP contribution < -0.4 is 9.47 Å². The molecule has 0 aliphatic carbocycles. The van der Waals surface area contributed by atoms with Gasteiger partial charge < -0.3 is 9.47 Å². The molecular formula is C15H11ClF2O3. The van der Waals surface area contributed by atoms with Gasteiger partial charge in [-0.2, -0.15) is 0 Å². The summed E-state index contributed by atoms with van der Waals surface area (Å²) >= 11 is 5.55. The molecule has 3 nitrogen and oxygen atoms in total. The molecule has 0 amide bonds. The van der Waals surface area contributed by atoms with Gasteiger partial charge in [-0.05, 0) is 24.3 Å². The summed E-state index contributed by atoms with van der Waals surface area (Å²) < 4.78 is 37.4. The molecule has 0 aromatic heterocycles. The lowest BCUT2D eigenvalue weighted by Gasteiger charge is -2.10. The van der Waals surface area contributed by atoms with E-state index in [0.29, 0.717) is 0 Å². The Morgan fingerprint density at radius 2 is 1.62 bits per heavy atom. The molecule has 0 atom stereocenters. The summed E-state index contributed by atoms with van der Waals surface area (Å²) in [5, 5.41) is -0.112. The first kappa shape index (κ1) is 15.3. The Balaban J connectivity index is 2.50. The van der Waals surface area contributed by atoms with Crippen molar-refractivity contribution >= 4 is 17.4 Å². The molecule has 0 radical (unpaired) electrons. The van der Waals surface area contributed by atoms with Crippen LogP contribution in [0, 0.1) is 11.6 Å². The smallest absolute Gasteiger partial charge is 0.196 e. The van der Waals surface area contributed by atoms with Crippen molar-refractivity contribution in [1.29, 1.82) is 0 Å². The van der Waals surface area contributed by atoms with Gasteiger partial charge in [0.1, 0.15) is 11.6 Å². The normalized spacial score (nSPS) is 10.3. The highest BCUT2D eigenvalue weighted by atomic mass is 35.5. The van der Waals surface area contributed by atoms with Gasteiger partial charge in [0.25, 0.3) is 0 Å². The Labute approximate surface area is 125 Å². The van der Waals surface area contributed by atoms with E-state index in [2.05, 4.69) is 0 Å². The zero-order chi connectivity index (χ0) is 15.6. The largest absolute Gasteiger partial charge is 0.493 e. The molecule has 0 N–H and O–H groups in total. The molecule has 2 rings (SSSR count). The molecule has 0 fully saturated rings. The van der Waals surface area contributed by atoms with Crippen LogP contribution in [0.1, 0.15) is 15.9 Å². The number of halogens is 3. The van der Waals surface area contributed by atoms with Gasteiger partial charge in [0.05, 0.1) is 24.8 Å². The first-order chi connectivity index (χ1) is 9.97. The molecule has 0 bridgehead atoms. The zero-order valence-electron chi connectivity index (χ0n) is 11.2. The van der Waals surface area contributed by atoms with Crippen molar-refractivity contribution < 1.29 is 23.0 Å². The fourth-order valence-electron chi connectivity index (χ4n) is 1.82. The third-order valence-electron chi connectivity index (χ3n) is 2.90. The summed E-state index contributed by atoms with van der Waals surface area (Å²) in [5.41, 5.74) is -0.252. The summed E-state index contributed by atoms with van der Waals surface area (Å²) in [4.78, 5) is 12.3. The fourth-order valence-corrected chi connectivity index (χ4v) is 1.94. The van der Waals surface area contributed by atoms with Gasteiger partial charge in [0.15, 0.2) is 17.3 Å². The number of benzene rings is 2. The predicted octanol–water partition coefficient (Wildman–Crippen LogP) is 3.87. The van der Waals surface area contributed by atoms with Crippen molar-refractivity contribution in [3.63, 3.8) is 0 Å². The molecule has 0 heterocycles. The van der Waals surface area contributed by atoms with Crippen LogP contribution in [0.25, 0.3) is 0 Å². The molecule has 0 saturated heterocycles. The molecule has 0 spiro atoms. The van der Waals surface area contributed by atoms with E-state index in [9.17, 15) is 13.6 Å². The Kier molecular flexibility index (Phi) is 4.43. The van der Waals surface area contributed by atoms with Crippen LogP contribution in [-0.2, 0) is 0 Å². The van der Waals surface area contributed by atoms with Crippen LogP contribution in [-0.4, -0.2) is 20.0 Å².